The Morgan fingerprint density at radius 1 is 1.30 bits per heavy atom. The lowest BCUT2D eigenvalue weighted by molar-refractivity contribution is 0.104. The summed E-state index contributed by atoms with van der Waals surface area (Å²) in [4.78, 5) is 14.5. The zero-order valence-electron chi connectivity index (χ0n) is 14.0. The molecule has 1 aliphatic rings. The molecule has 2 rings (SSSR count). The van der Waals surface area contributed by atoms with Crippen LogP contribution >= 0.6 is 0 Å². The summed E-state index contributed by atoms with van der Waals surface area (Å²) in [6, 6.07) is 10.3. The van der Waals surface area contributed by atoms with E-state index in [0.717, 1.165) is 37.9 Å². The van der Waals surface area contributed by atoms with E-state index in [1.807, 2.05) is 30.3 Å². The van der Waals surface area contributed by atoms with Crippen LogP contribution in [0.15, 0.2) is 30.3 Å². The van der Waals surface area contributed by atoms with Gasteiger partial charge in [0.05, 0.1) is 0 Å². The number of alkyl carbamates (subject to hydrolysis) is 1. The van der Waals surface area contributed by atoms with Crippen molar-refractivity contribution in [3.63, 3.8) is 0 Å². The SMILES string of the molecule is CCN(CCN)[C@@H]1CCCC[C@H]1NC(=O)OCc1ccccc1. The topological polar surface area (TPSA) is 67.6 Å². The van der Waals surface area contributed by atoms with Gasteiger partial charge in [-0.25, -0.2) is 4.79 Å². The van der Waals surface area contributed by atoms with Gasteiger partial charge in [-0.2, -0.15) is 0 Å². The van der Waals surface area contributed by atoms with Crippen LogP contribution in [-0.4, -0.2) is 42.7 Å². The van der Waals surface area contributed by atoms with Crippen LogP contribution in [0.4, 0.5) is 4.79 Å². The Kier molecular flexibility index (Phi) is 7.36. The monoisotopic (exact) mass is 319 g/mol. The fourth-order valence-corrected chi connectivity index (χ4v) is 3.36. The van der Waals surface area contributed by atoms with Gasteiger partial charge in [0.2, 0.25) is 0 Å². The Morgan fingerprint density at radius 2 is 2.04 bits per heavy atom. The first kappa shape index (κ1) is 17.8. The summed E-state index contributed by atoms with van der Waals surface area (Å²) in [5.41, 5.74) is 6.72. The van der Waals surface area contributed by atoms with Crippen molar-refractivity contribution in [3.8, 4) is 0 Å². The number of nitrogens with zero attached hydrogens (tertiary/aromatic N) is 1. The van der Waals surface area contributed by atoms with Gasteiger partial charge in [-0.3, -0.25) is 4.90 Å². The molecule has 1 aromatic rings. The molecule has 0 bridgehead atoms. The van der Waals surface area contributed by atoms with Crippen LogP contribution in [0.3, 0.4) is 0 Å². The van der Waals surface area contributed by atoms with E-state index in [0.29, 0.717) is 19.2 Å². The third-order valence-electron chi connectivity index (χ3n) is 4.54. The average Bonchev–Trinajstić information content (AvgIpc) is 2.59. The van der Waals surface area contributed by atoms with Gasteiger partial charge in [0.15, 0.2) is 0 Å². The lowest BCUT2D eigenvalue weighted by Crippen LogP contribution is -2.54. The van der Waals surface area contributed by atoms with Crippen LogP contribution in [0.25, 0.3) is 0 Å². The minimum Gasteiger partial charge on any atom is -0.445 e. The number of carbonyl (C=O) groups is 1. The minimum atomic E-state index is -0.324. The van der Waals surface area contributed by atoms with Crippen molar-refractivity contribution in [2.45, 2.75) is 51.3 Å². The summed E-state index contributed by atoms with van der Waals surface area (Å²) < 4.78 is 5.36. The molecule has 1 amide bonds. The number of hydrogen-bond donors (Lipinski definition) is 2. The summed E-state index contributed by atoms with van der Waals surface area (Å²) in [5.74, 6) is 0. The van der Waals surface area contributed by atoms with Crippen molar-refractivity contribution in [1.82, 2.24) is 10.2 Å². The zero-order chi connectivity index (χ0) is 16.5. The molecule has 128 valence electrons. The van der Waals surface area contributed by atoms with E-state index < -0.39 is 0 Å². The molecular weight excluding hydrogens is 290 g/mol. The number of hydrogen-bond acceptors (Lipinski definition) is 4. The van der Waals surface area contributed by atoms with Gasteiger partial charge in [0.1, 0.15) is 6.61 Å². The summed E-state index contributed by atoms with van der Waals surface area (Å²) >= 11 is 0. The lowest BCUT2D eigenvalue weighted by Gasteiger charge is -2.39. The lowest BCUT2D eigenvalue weighted by atomic mass is 9.89. The molecule has 0 radical (unpaired) electrons. The Labute approximate surface area is 139 Å². The van der Waals surface area contributed by atoms with Gasteiger partial charge < -0.3 is 15.8 Å². The molecule has 2 atom stereocenters. The molecule has 0 heterocycles. The van der Waals surface area contributed by atoms with Crippen LogP contribution in [0.1, 0.15) is 38.2 Å². The molecule has 0 aliphatic heterocycles. The van der Waals surface area contributed by atoms with Crippen molar-refractivity contribution >= 4 is 6.09 Å². The van der Waals surface area contributed by atoms with Gasteiger partial charge in [0.25, 0.3) is 0 Å². The summed E-state index contributed by atoms with van der Waals surface area (Å²) in [6.07, 6.45) is 4.15. The van der Waals surface area contributed by atoms with Crippen LogP contribution in [0.2, 0.25) is 0 Å². The van der Waals surface area contributed by atoms with Crippen LogP contribution < -0.4 is 11.1 Å². The molecule has 5 heteroatoms. The molecule has 0 aromatic heterocycles. The predicted octanol–water partition coefficient (Wildman–Crippen LogP) is 2.50. The van der Waals surface area contributed by atoms with Gasteiger partial charge >= 0.3 is 6.09 Å². The third kappa shape index (κ3) is 5.52. The third-order valence-corrected chi connectivity index (χ3v) is 4.54. The Balaban J connectivity index is 1.86. The molecular formula is C18H29N3O2. The second-order valence-electron chi connectivity index (χ2n) is 6.08. The van der Waals surface area contributed by atoms with Crippen LogP contribution in [-0.2, 0) is 11.3 Å². The normalized spacial score (nSPS) is 21.2. The maximum atomic E-state index is 12.1. The van der Waals surface area contributed by atoms with Gasteiger partial charge in [-0.1, -0.05) is 50.1 Å². The maximum Gasteiger partial charge on any atom is 0.407 e. The van der Waals surface area contributed by atoms with Crippen molar-refractivity contribution < 1.29 is 9.53 Å². The fourth-order valence-electron chi connectivity index (χ4n) is 3.36. The first-order valence-electron chi connectivity index (χ1n) is 8.66. The number of benzene rings is 1. The van der Waals surface area contributed by atoms with Gasteiger partial charge in [0, 0.05) is 25.2 Å². The molecule has 3 N–H and O–H groups in total. The number of nitrogens with two attached hydrogens (primary N) is 1. The standard InChI is InChI=1S/C18H29N3O2/c1-2-21(13-12-19)17-11-7-6-10-16(17)20-18(22)23-14-15-8-4-3-5-9-15/h3-5,8-9,16-17H,2,6-7,10-14,19H2,1H3,(H,20,22)/t16-,17-/m1/s1. The van der Waals surface area contributed by atoms with E-state index in [2.05, 4.69) is 17.1 Å². The molecule has 5 nitrogen and oxygen atoms in total. The minimum absolute atomic E-state index is 0.151. The summed E-state index contributed by atoms with van der Waals surface area (Å²) in [6.45, 7) is 4.94. The van der Waals surface area contributed by atoms with E-state index in [4.69, 9.17) is 10.5 Å². The van der Waals surface area contributed by atoms with E-state index in [9.17, 15) is 4.79 Å². The smallest absolute Gasteiger partial charge is 0.407 e. The largest absolute Gasteiger partial charge is 0.445 e. The van der Waals surface area contributed by atoms with E-state index >= 15 is 0 Å². The Morgan fingerprint density at radius 3 is 2.74 bits per heavy atom. The first-order chi connectivity index (χ1) is 11.2. The molecule has 1 aromatic carbocycles. The highest BCUT2D eigenvalue weighted by Crippen LogP contribution is 2.23. The van der Waals surface area contributed by atoms with E-state index in [1.54, 1.807) is 0 Å². The number of rotatable bonds is 7. The number of amides is 1. The van der Waals surface area contributed by atoms with Crippen molar-refractivity contribution in [1.29, 1.82) is 0 Å². The number of carbonyl (C=O) groups excluding carboxylic acids is 1. The highest BCUT2D eigenvalue weighted by atomic mass is 16.5. The second kappa shape index (κ2) is 9.53. The molecule has 0 unspecified atom stereocenters. The predicted molar refractivity (Wildman–Crippen MR) is 92.1 cm³/mol. The highest BCUT2D eigenvalue weighted by Gasteiger charge is 2.30. The van der Waals surface area contributed by atoms with E-state index in [1.165, 1.54) is 6.42 Å². The van der Waals surface area contributed by atoms with Gasteiger partial charge in [-0.15, -0.1) is 0 Å². The summed E-state index contributed by atoms with van der Waals surface area (Å²) in [7, 11) is 0. The Hall–Kier alpha value is -1.59. The number of nitrogens with one attached hydrogen (secondary N) is 1. The molecule has 1 fully saturated rings. The second-order valence-corrected chi connectivity index (χ2v) is 6.08. The first-order valence-corrected chi connectivity index (χ1v) is 8.66. The average molecular weight is 319 g/mol. The molecule has 23 heavy (non-hydrogen) atoms. The van der Waals surface area contributed by atoms with E-state index in [-0.39, 0.29) is 12.1 Å². The highest BCUT2D eigenvalue weighted by molar-refractivity contribution is 5.67. The van der Waals surface area contributed by atoms with Gasteiger partial charge in [-0.05, 0) is 24.9 Å². The molecule has 1 aliphatic carbocycles. The fraction of sp³-hybridized carbons (Fsp3) is 0.611. The summed E-state index contributed by atoms with van der Waals surface area (Å²) in [5, 5.41) is 3.07. The molecule has 0 saturated heterocycles. The number of likely N-dealkylation sites (N-methyl/N-ethyl adjacent to an activating group) is 1. The maximum absolute atomic E-state index is 12.1. The van der Waals surface area contributed by atoms with Crippen molar-refractivity contribution in [2.75, 3.05) is 19.6 Å². The van der Waals surface area contributed by atoms with Crippen LogP contribution in [0.5, 0.6) is 0 Å². The zero-order valence-corrected chi connectivity index (χ0v) is 14.0. The Bertz CT molecular complexity index is 467. The molecule has 0 spiro atoms. The quantitative estimate of drug-likeness (QED) is 0.810. The van der Waals surface area contributed by atoms with Crippen molar-refractivity contribution in [2.24, 2.45) is 5.73 Å². The number of ether oxygens (including phenoxy) is 1. The van der Waals surface area contributed by atoms with Crippen molar-refractivity contribution in [3.05, 3.63) is 35.9 Å². The van der Waals surface area contributed by atoms with Crippen LogP contribution in [0, 0.1) is 0 Å². The molecule has 1 saturated carbocycles.